The van der Waals surface area contributed by atoms with Crippen LogP contribution in [0.2, 0.25) is 15.1 Å². The van der Waals surface area contributed by atoms with Crippen LogP contribution in [0.1, 0.15) is 11.1 Å². The van der Waals surface area contributed by atoms with Gasteiger partial charge >= 0.3 is 0 Å². The molecular weight excluding hydrogens is 336 g/mol. The van der Waals surface area contributed by atoms with E-state index in [1.807, 2.05) is 0 Å². The summed E-state index contributed by atoms with van der Waals surface area (Å²) < 4.78 is 19.1. The number of benzene rings is 2. The van der Waals surface area contributed by atoms with Gasteiger partial charge in [0.1, 0.15) is 18.2 Å². The van der Waals surface area contributed by atoms with E-state index in [2.05, 4.69) is 0 Å². The van der Waals surface area contributed by atoms with E-state index in [0.29, 0.717) is 34.3 Å². The summed E-state index contributed by atoms with van der Waals surface area (Å²) in [7, 11) is 0. The second-order valence-electron chi connectivity index (χ2n) is 4.42. The van der Waals surface area contributed by atoms with Crippen molar-refractivity contribution in [1.29, 1.82) is 0 Å². The molecular formula is C15H13Cl3FNO. The number of hydrogen-bond acceptors (Lipinski definition) is 2. The third-order valence-electron chi connectivity index (χ3n) is 2.90. The Hall–Kier alpha value is -1.00. The smallest absolute Gasteiger partial charge is 0.142 e. The molecule has 2 nitrogen and oxygen atoms in total. The van der Waals surface area contributed by atoms with Crippen molar-refractivity contribution in [2.75, 3.05) is 6.54 Å². The molecule has 2 rings (SSSR count). The highest BCUT2D eigenvalue weighted by Gasteiger charge is 2.12. The van der Waals surface area contributed by atoms with Gasteiger partial charge in [0, 0.05) is 10.6 Å². The Kier molecular flexibility index (Phi) is 5.71. The third kappa shape index (κ3) is 4.01. The van der Waals surface area contributed by atoms with Crippen molar-refractivity contribution in [3.05, 3.63) is 62.3 Å². The van der Waals surface area contributed by atoms with E-state index < -0.39 is 5.82 Å². The Balaban J connectivity index is 2.25. The minimum absolute atomic E-state index is 0.0444. The number of hydrogen-bond donors (Lipinski definition) is 1. The summed E-state index contributed by atoms with van der Waals surface area (Å²) >= 11 is 18.0. The average molecular weight is 349 g/mol. The summed E-state index contributed by atoms with van der Waals surface area (Å²) in [5.41, 5.74) is 6.92. The van der Waals surface area contributed by atoms with E-state index in [9.17, 15) is 4.39 Å². The van der Waals surface area contributed by atoms with Crippen molar-refractivity contribution < 1.29 is 9.13 Å². The van der Waals surface area contributed by atoms with Crippen LogP contribution in [0.5, 0.6) is 5.75 Å². The molecule has 0 saturated carbocycles. The second-order valence-corrected chi connectivity index (χ2v) is 5.64. The molecule has 0 aliphatic rings. The summed E-state index contributed by atoms with van der Waals surface area (Å²) in [6.07, 6.45) is 0.576. The first-order valence-corrected chi connectivity index (χ1v) is 7.40. The lowest BCUT2D eigenvalue weighted by molar-refractivity contribution is 0.302. The largest absolute Gasteiger partial charge is 0.487 e. The van der Waals surface area contributed by atoms with Gasteiger partial charge in [-0.15, -0.1) is 0 Å². The lowest BCUT2D eigenvalue weighted by Crippen LogP contribution is -2.06. The van der Waals surface area contributed by atoms with Crippen molar-refractivity contribution in [2.45, 2.75) is 13.0 Å². The predicted octanol–water partition coefficient (Wildman–Crippen LogP) is 4.87. The zero-order valence-corrected chi connectivity index (χ0v) is 13.3. The van der Waals surface area contributed by atoms with E-state index in [0.717, 1.165) is 5.56 Å². The number of ether oxygens (including phenoxy) is 1. The topological polar surface area (TPSA) is 35.2 Å². The van der Waals surface area contributed by atoms with E-state index in [1.54, 1.807) is 24.3 Å². The van der Waals surface area contributed by atoms with Gasteiger partial charge in [-0.1, -0.05) is 46.9 Å². The van der Waals surface area contributed by atoms with Crippen molar-refractivity contribution in [3.63, 3.8) is 0 Å². The summed E-state index contributed by atoms with van der Waals surface area (Å²) in [4.78, 5) is 0. The normalized spacial score (nSPS) is 10.7. The molecule has 0 unspecified atom stereocenters. The molecule has 0 saturated heterocycles. The fourth-order valence-electron chi connectivity index (χ4n) is 1.93. The van der Waals surface area contributed by atoms with Gasteiger partial charge in [0.15, 0.2) is 0 Å². The Labute approximate surface area is 137 Å². The zero-order chi connectivity index (χ0) is 15.4. The highest BCUT2D eigenvalue weighted by molar-refractivity contribution is 6.35. The molecule has 0 fully saturated rings. The first-order valence-electron chi connectivity index (χ1n) is 6.26. The molecule has 112 valence electrons. The zero-order valence-electron chi connectivity index (χ0n) is 11.0. The van der Waals surface area contributed by atoms with Crippen LogP contribution in [0.3, 0.4) is 0 Å². The Bertz CT molecular complexity index is 649. The molecule has 2 N–H and O–H groups in total. The minimum Gasteiger partial charge on any atom is -0.487 e. The summed E-state index contributed by atoms with van der Waals surface area (Å²) in [6, 6.07) is 7.90. The van der Waals surface area contributed by atoms with Gasteiger partial charge in [0.25, 0.3) is 0 Å². The molecule has 0 amide bonds. The lowest BCUT2D eigenvalue weighted by Gasteiger charge is -2.14. The van der Waals surface area contributed by atoms with Crippen molar-refractivity contribution in [3.8, 4) is 5.75 Å². The molecule has 0 atom stereocenters. The molecule has 0 heterocycles. The fourth-order valence-corrected chi connectivity index (χ4v) is 2.70. The average Bonchev–Trinajstić information content (AvgIpc) is 2.42. The van der Waals surface area contributed by atoms with Crippen LogP contribution in [-0.4, -0.2) is 6.54 Å². The van der Waals surface area contributed by atoms with Crippen LogP contribution >= 0.6 is 34.8 Å². The maximum absolute atomic E-state index is 13.4. The first-order chi connectivity index (χ1) is 10.0. The highest BCUT2D eigenvalue weighted by Crippen LogP contribution is 2.34. The fraction of sp³-hybridized carbons (Fsp3) is 0.200. The van der Waals surface area contributed by atoms with Gasteiger partial charge in [-0.2, -0.15) is 0 Å². The monoisotopic (exact) mass is 347 g/mol. The molecule has 21 heavy (non-hydrogen) atoms. The van der Waals surface area contributed by atoms with E-state index in [-0.39, 0.29) is 11.6 Å². The Morgan fingerprint density at radius 2 is 1.86 bits per heavy atom. The van der Waals surface area contributed by atoms with E-state index >= 15 is 0 Å². The Morgan fingerprint density at radius 1 is 1.10 bits per heavy atom. The van der Waals surface area contributed by atoms with E-state index in [1.165, 1.54) is 6.07 Å². The summed E-state index contributed by atoms with van der Waals surface area (Å²) in [5.74, 6) is 0.00833. The van der Waals surface area contributed by atoms with E-state index in [4.69, 9.17) is 45.3 Å². The maximum atomic E-state index is 13.4. The number of nitrogens with two attached hydrogens (primary N) is 1. The lowest BCUT2D eigenvalue weighted by atomic mass is 10.1. The summed E-state index contributed by atoms with van der Waals surface area (Å²) in [5, 5.41) is 0.945. The Morgan fingerprint density at radius 3 is 2.57 bits per heavy atom. The van der Waals surface area contributed by atoms with Crippen molar-refractivity contribution in [2.24, 2.45) is 5.73 Å². The molecule has 2 aromatic rings. The molecule has 0 aromatic heterocycles. The summed E-state index contributed by atoms with van der Waals surface area (Å²) in [6.45, 7) is 0.545. The van der Waals surface area contributed by atoms with Gasteiger partial charge in [0.2, 0.25) is 0 Å². The SMILES string of the molecule is NCCc1cc(Cl)cc(Cl)c1OCc1cccc(F)c1Cl. The highest BCUT2D eigenvalue weighted by atomic mass is 35.5. The molecule has 0 aliphatic carbocycles. The molecule has 0 aliphatic heterocycles. The van der Waals surface area contributed by atoms with Gasteiger partial charge in [-0.05, 0) is 36.7 Å². The van der Waals surface area contributed by atoms with Crippen molar-refractivity contribution in [1.82, 2.24) is 0 Å². The first kappa shape index (κ1) is 16.4. The van der Waals surface area contributed by atoms with Gasteiger partial charge in [-0.3, -0.25) is 0 Å². The molecule has 0 spiro atoms. The standard InChI is InChI=1S/C15H13Cl3FNO/c16-11-6-9(4-5-20)15(12(17)7-11)21-8-10-2-1-3-13(19)14(10)18/h1-3,6-7H,4-5,8,20H2. The van der Waals surface area contributed by atoms with Crippen LogP contribution in [0.4, 0.5) is 4.39 Å². The number of halogens is 4. The molecule has 2 aromatic carbocycles. The molecule has 0 radical (unpaired) electrons. The molecule has 0 bridgehead atoms. The van der Waals surface area contributed by atoms with Crippen LogP contribution in [0.25, 0.3) is 0 Å². The third-order valence-corrected chi connectivity index (χ3v) is 3.82. The quantitative estimate of drug-likeness (QED) is 0.837. The van der Waals surface area contributed by atoms with Gasteiger partial charge < -0.3 is 10.5 Å². The van der Waals surface area contributed by atoms with Crippen molar-refractivity contribution >= 4 is 34.8 Å². The maximum Gasteiger partial charge on any atom is 0.142 e. The van der Waals surface area contributed by atoms with Gasteiger partial charge in [-0.25, -0.2) is 4.39 Å². The van der Waals surface area contributed by atoms with Gasteiger partial charge in [0.05, 0.1) is 10.0 Å². The predicted molar refractivity (Wildman–Crippen MR) is 85.0 cm³/mol. The number of rotatable bonds is 5. The minimum atomic E-state index is -0.484. The van der Waals surface area contributed by atoms with Crippen LogP contribution in [0.15, 0.2) is 30.3 Å². The van der Waals surface area contributed by atoms with Crippen LogP contribution in [-0.2, 0) is 13.0 Å². The van der Waals surface area contributed by atoms with Crippen LogP contribution in [0, 0.1) is 5.82 Å². The molecule has 6 heteroatoms. The second kappa shape index (κ2) is 7.32. The van der Waals surface area contributed by atoms with Crippen LogP contribution < -0.4 is 10.5 Å².